The molecule has 0 fully saturated rings. The molecular formula is C20H36N6O7. The third kappa shape index (κ3) is 10.3. The average molecular weight is 473 g/mol. The summed E-state index contributed by atoms with van der Waals surface area (Å²) in [5.74, 6) is -6.28. The van der Waals surface area contributed by atoms with Crippen molar-refractivity contribution in [3.8, 4) is 0 Å². The third-order valence-electron chi connectivity index (χ3n) is 5.37. The molecule has 33 heavy (non-hydrogen) atoms. The molecule has 0 aliphatic rings. The summed E-state index contributed by atoms with van der Waals surface area (Å²) in [6.07, 6.45) is -0.132. The van der Waals surface area contributed by atoms with Gasteiger partial charge < -0.3 is 38.3 Å². The lowest BCUT2D eigenvalue weighted by Crippen LogP contribution is -2.59. The molecule has 0 rings (SSSR count). The number of nitrogens with one attached hydrogen (secondary N) is 3. The van der Waals surface area contributed by atoms with Gasteiger partial charge >= 0.3 is 5.97 Å². The molecule has 0 bridgehead atoms. The van der Waals surface area contributed by atoms with Crippen LogP contribution >= 0.6 is 0 Å². The van der Waals surface area contributed by atoms with Crippen LogP contribution < -0.4 is 33.2 Å². The Bertz CT molecular complexity index is 744. The van der Waals surface area contributed by atoms with Gasteiger partial charge in [0, 0.05) is 0 Å². The molecule has 0 aliphatic heterocycles. The predicted octanol–water partition coefficient (Wildman–Crippen LogP) is -2.30. The van der Waals surface area contributed by atoms with Gasteiger partial charge in [0.1, 0.15) is 18.1 Å². The Morgan fingerprint density at radius 1 is 0.727 bits per heavy atom. The lowest BCUT2D eigenvalue weighted by atomic mass is 9.95. The first-order valence-electron chi connectivity index (χ1n) is 10.7. The number of amides is 5. The van der Waals surface area contributed by atoms with Crippen LogP contribution in [0.4, 0.5) is 0 Å². The molecule has 13 heteroatoms. The van der Waals surface area contributed by atoms with E-state index in [0.717, 1.165) is 0 Å². The van der Waals surface area contributed by atoms with Crippen LogP contribution in [0.1, 0.15) is 53.4 Å². The number of primary amides is 2. The molecule has 6 unspecified atom stereocenters. The van der Waals surface area contributed by atoms with E-state index < -0.39 is 78.4 Å². The Kier molecular flexibility index (Phi) is 12.7. The Balaban J connectivity index is 5.64. The number of aliphatic carboxylic acids is 1. The standard InChI is InChI=1S/C20H36N6O7/c1-5-9(3)15(19(31)26-16(20(32)33)10(4)6-2)25-18(30)12(8-14(23)28)24-17(29)11(21)7-13(22)27/h9-12,15-16H,5-8,21H2,1-4H3,(H2,22,27)(H2,23,28)(H,24,29)(H,25,30)(H,26,31)(H,32,33). The van der Waals surface area contributed by atoms with Gasteiger partial charge in [0.2, 0.25) is 29.5 Å². The molecule has 0 radical (unpaired) electrons. The summed E-state index contributed by atoms with van der Waals surface area (Å²) in [7, 11) is 0. The third-order valence-corrected chi connectivity index (χ3v) is 5.37. The zero-order valence-electron chi connectivity index (χ0n) is 19.4. The highest BCUT2D eigenvalue weighted by Crippen LogP contribution is 2.12. The molecule has 0 aliphatic carbocycles. The molecular weight excluding hydrogens is 436 g/mol. The summed E-state index contributed by atoms with van der Waals surface area (Å²) in [5, 5.41) is 16.6. The van der Waals surface area contributed by atoms with Gasteiger partial charge in [-0.25, -0.2) is 4.79 Å². The highest BCUT2D eigenvalue weighted by atomic mass is 16.4. The maximum Gasteiger partial charge on any atom is 0.326 e. The van der Waals surface area contributed by atoms with Gasteiger partial charge in [-0.2, -0.15) is 0 Å². The van der Waals surface area contributed by atoms with Gasteiger partial charge in [0.25, 0.3) is 0 Å². The fourth-order valence-electron chi connectivity index (χ4n) is 2.88. The maximum atomic E-state index is 12.9. The van der Waals surface area contributed by atoms with E-state index in [2.05, 4.69) is 16.0 Å². The van der Waals surface area contributed by atoms with Gasteiger partial charge in [-0.15, -0.1) is 0 Å². The SMILES string of the molecule is CCC(C)C(NC(=O)C(NC(=O)C(CC(N)=O)NC(=O)C(N)CC(N)=O)C(C)CC)C(=O)O. The van der Waals surface area contributed by atoms with E-state index in [1.165, 1.54) is 0 Å². The van der Waals surface area contributed by atoms with E-state index in [4.69, 9.17) is 17.2 Å². The van der Waals surface area contributed by atoms with Gasteiger partial charge in [-0.3, -0.25) is 24.0 Å². The van der Waals surface area contributed by atoms with Crippen molar-refractivity contribution in [1.29, 1.82) is 0 Å². The molecule has 0 heterocycles. The first kappa shape index (κ1) is 29.8. The van der Waals surface area contributed by atoms with Crippen LogP contribution in [0, 0.1) is 11.8 Å². The van der Waals surface area contributed by atoms with Gasteiger partial charge in [0.05, 0.1) is 18.9 Å². The molecule has 0 saturated heterocycles. The minimum absolute atomic E-state index is 0.367. The Morgan fingerprint density at radius 2 is 1.18 bits per heavy atom. The van der Waals surface area contributed by atoms with E-state index in [9.17, 15) is 33.9 Å². The molecule has 0 aromatic heterocycles. The van der Waals surface area contributed by atoms with Crippen LogP contribution in [-0.2, 0) is 28.8 Å². The molecule has 188 valence electrons. The molecule has 0 aromatic carbocycles. The van der Waals surface area contributed by atoms with E-state index in [1.54, 1.807) is 27.7 Å². The fourth-order valence-corrected chi connectivity index (χ4v) is 2.88. The summed E-state index contributed by atoms with van der Waals surface area (Å²) in [5.41, 5.74) is 15.7. The summed E-state index contributed by atoms with van der Waals surface area (Å²) in [6.45, 7) is 6.89. The normalized spacial score (nSPS) is 16.3. The van der Waals surface area contributed by atoms with Crippen LogP contribution in [0.25, 0.3) is 0 Å². The molecule has 10 N–H and O–H groups in total. The smallest absolute Gasteiger partial charge is 0.326 e. The van der Waals surface area contributed by atoms with Crippen molar-refractivity contribution in [1.82, 2.24) is 16.0 Å². The average Bonchev–Trinajstić information content (AvgIpc) is 2.72. The van der Waals surface area contributed by atoms with Crippen molar-refractivity contribution in [2.45, 2.75) is 77.5 Å². The second-order valence-electron chi connectivity index (χ2n) is 8.09. The van der Waals surface area contributed by atoms with Crippen molar-refractivity contribution in [3.63, 3.8) is 0 Å². The second kappa shape index (κ2) is 14.0. The number of carbonyl (C=O) groups excluding carboxylic acids is 5. The maximum absolute atomic E-state index is 12.9. The molecule has 0 spiro atoms. The van der Waals surface area contributed by atoms with Gasteiger partial charge in [-0.05, 0) is 11.8 Å². The van der Waals surface area contributed by atoms with E-state index >= 15 is 0 Å². The highest BCUT2D eigenvalue weighted by Gasteiger charge is 2.34. The van der Waals surface area contributed by atoms with Crippen molar-refractivity contribution in [2.24, 2.45) is 29.0 Å². The topological polar surface area (TPSA) is 237 Å². The first-order chi connectivity index (χ1) is 15.2. The molecule has 0 saturated carbocycles. The van der Waals surface area contributed by atoms with Crippen molar-refractivity contribution >= 4 is 35.5 Å². The van der Waals surface area contributed by atoms with Crippen molar-refractivity contribution in [2.75, 3.05) is 0 Å². The van der Waals surface area contributed by atoms with Crippen LogP contribution in [0.3, 0.4) is 0 Å². The lowest BCUT2D eigenvalue weighted by molar-refractivity contribution is -0.144. The van der Waals surface area contributed by atoms with Crippen LogP contribution in [0.15, 0.2) is 0 Å². The van der Waals surface area contributed by atoms with Crippen LogP contribution in [-0.4, -0.2) is 64.8 Å². The number of carboxylic acid groups (broad SMARTS) is 1. The van der Waals surface area contributed by atoms with Crippen molar-refractivity contribution in [3.05, 3.63) is 0 Å². The number of carboxylic acids is 1. The summed E-state index contributed by atoms with van der Waals surface area (Å²) in [4.78, 5) is 71.9. The molecule has 5 amide bonds. The van der Waals surface area contributed by atoms with Crippen LogP contribution in [0.2, 0.25) is 0 Å². The first-order valence-corrected chi connectivity index (χ1v) is 10.7. The minimum atomic E-state index is -1.47. The Hall–Kier alpha value is -3.22. The summed E-state index contributed by atoms with van der Waals surface area (Å²) in [6, 6.07) is -5.15. The van der Waals surface area contributed by atoms with E-state index in [0.29, 0.717) is 12.8 Å². The molecule has 13 nitrogen and oxygen atoms in total. The van der Waals surface area contributed by atoms with Gasteiger partial charge in [-0.1, -0.05) is 40.5 Å². The molecule has 6 atom stereocenters. The summed E-state index contributed by atoms with van der Waals surface area (Å²) < 4.78 is 0. The largest absolute Gasteiger partial charge is 0.480 e. The number of hydrogen-bond acceptors (Lipinski definition) is 7. The van der Waals surface area contributed by atoms with Crippen LogP contribution in [0.5, 0.6) is 0 Å². The predicted molar refractivity (Wildman–Crippen MR) is 118 cm³/mol. The van der Waals surface area contributed by atoms with Gasteiger partial charge in [0.15, 0.2) is 0 Å². The second-order valence-corrected chi connectivity index (χ2v) is 8.09. The highest BCUT2D eigenvalue weighted by molar-refractivity contribution is 5.97. The number of rotatable bonds is 15. The monoisotopic (exact) mass is 472 g/mol. The number of carbonyl (C=O) groups is 6. The van der Waals surface area contributed by atoms with Crippen molar-refractivity contribution < 1.29 is 33.9 Å². The fraction of sp³-hybridized carbons (Fsp3) is 0.700. The zero-order valence-corrected chi connectivity index (χ0v) is 19.4. The summed E-state index contributed by atoms with van der Waals surface area (Å²) >= 11 is 0. The van der Waals surface area contributed by atoms with E-state index in [-0.39, 0.29) is 5.92 Å². The number of hydrogen-bond donors (Lipinski definition) is 7. The Morgan fingerprint density at radius 3 is 1.61 bits per heavy atom. The molecule has 0 aromatic rings. The lowest BCUT2D eigenvalue weighted by Gasteiger charge is -2.29. The zero-order chi connectivity index (χ0) is 25.9. The van der Waals surface area contributed by atoms with E-state index in [1.807, 2.05) is 0 Å². The number of nitrogens with two attached hydrogens (primary N) is 3. The Labute approximate surface area is 192 Å². The quantitative estimate of drug-likeness (QED) is 0.136. The minimum Gasteiger partial charge on any atom is -0.480 e.